The van der Waals surface area contributed by atoms with Crippen LogP contribution in [0.4, 0.5) is 10.5 Å². The van der Waals surface area contributed by atoms with Crippen LogP contribution in [0, 0.1) is 13.8 Å². The number of rotatable bonds is 5. The molecule has 0 saturated carbocycles. The Hall–Kier alpha value is -2.56. The molecule has 174 valence electrons. The highest BCUT2D eigenvalue weighted by molar-refractivity contribution is 9.10. The number of hydrogen-bond acceptors (Lipinski definition) is 7. The molecule has 0 spiro atoms. The summed E-state index contributed by atoms with van der Waals surface area (Å²) in [6.07, 6.45) is 1.71. The van der Waals surface area contributed by atoms with Gasteiger partial charge in [-0.15, -0.1) is 0 Å². The van der Waals surface area contributed by atoms with Crippen LogP contribution in [-0.4, -0.2) is 66.5 Å². The zero-order valence-electron chi connectivity index (χ0n) is 18.6. The van der Waals surface area contributed by atoms with Gasteiger partial charge in [-0.05, 0) is 77.4 Å². The summed E-state index contributed by atoms with van der Waals surface area (Å²) in [5.41, 5.74) is 4.90. The van der Waals surface area contributed by atoms with Crippen molar-refractivity contribution in [1.82, 2.24) is 9.47 Å². The summed E-state index contributed by atoms with van der Waals surface area (Å²) in [6, 6.07) is 8.23. The van der Waals surface area contributed by atoms with E-state index in [4.69, 9.17) is 4.74 Å². The monoisotopic (exact) mass is 533 g/mol. The first kappa shape index (κ1) is 23.6. The number of halogens is 1. The lowest BCUT2D eigenvalue weighted by Crippen LogP contribution is -2.36. The third kappa shape index (κ3) is 4.73. The summed E-state index contributed by atoms with van der Waals surface area (Å²) in [7, 11) is 1.22. The number of anilines is 1. The second kappa shape index (κ2) is 9.74. The van der Waals surface area contributed by atoms with Gasteiger partial charge in [0.2, 0.25) is 0 Å². The average Bonchev–Trinajstić information content (AvgIpc) is 3.23. The Morgan fingerprint density at radius 3 is 2.61 bits per heavy atom. The molecular weight excluding hydrogens is 510 g/mol. The first-order valence-corrected chi connectivity index (χ1v) is 12.0. The van der Waals surface area contributed by atoms with Crippen molar-refractivity contribution in [2.45, 2.75) is 13.8 Å². The van der Waals surface area contributed by atoms with Crippen LogP contribution in [0.15, 0.2) is 33.6 Å². The number of aromatic nitrogens is 1. The molecule has 8 nitrogen and oxygen atoms in total. The van der Waals surface area contributed by atoms with E-state index in [1.54, 1.807) is 6.08 Å². The van der Waals surface area contributed by atoms with Crippen LogP contribution in [0.1, 0.15) is 17.0 Å². The zero-order chi connectivity index (χ0) is 23.7. The first-order chi connectivity index (χ1) is 15.8. The number of esters is 1. The number of carbonyl (C=O) groups excluding carboxylic acids is 3. The molecule has 2 amide bonds. The molecule has 0 radical (unpaired) electrons. The number of aryl methyl sites for hydroxylation is 1. The van der Waals surface area contributed by atoms with Gasteiger partial charge in [-0.3, -0.25) is 19.3 Å². The Balaban J connectivity index is 1.61. The van der Waals surface area contributed by atoms with E-state index < -0.39 is 17.1 Å². The largest absolute Gasteiger partial charge is 0.468 e. The highest BCUT2D eigenvalue weighted by Crippen LogP contribution is 2.35. The van der Waals surface area contributed by atoms with Crippen molar-refractivity contribution >= 4 is 56.6 Å². The molecule has 0 bridgehead atoms. The molecule has 2 saturated heterocycles. The SMILES string of the molecule is COC(=O)CN1C(=O)S/C(=C\c2cc(C)n(-c3ccc(N4CCOCC4)c(Br)c3)c2C)C1=O. The molecule has 0 N–H and O–H groups in total. The van der Waals surface area contributed by atoms with Crippen LogP contribution in [-0.2, 0) is 19.1 Å². The fourth-order valence-electron chi connectivity index (χ4n) is 4.00. The Labute approximate surface area is 204 Å². The third-order valence-electron chi connectivity index (χ3n) is 5.69. The second-order valence-corrected chi connectivity index (χ2v) is 9.59. The summed E-state index contributed by atoms with van der Waals surface area (Å²) in [5.74, 6) is -1.12. The fourth-order valence-corrected chi connectivity index (χ4v) is 5.44. The molecule has 1 aromatic heterocycles. The van der Waals surface area contributed by atoms with E-state index in [1.807, 2.05) is 19.9 Å². The second-order valence-electron chi connectivity index (χ2n) is 7.74. The molecule has 0 unspecified atom stereocenters. The molecule has 2 aliphatic heterocycles. The number of carbonyl (C=O) groups is 3. The minimum absolute atomic E-state index is 0.285. The van der Waals surface area contributed by atoms with Crippen molar-refractivity contribution in [2.24, 2.45) is 0 Å². The highest BCUT2D eigenvalue weighted by Gasteiger charge is 2.36. The number of thioether (sulfide) groups is 1. The molecule has 1 aromatic carbocycles. The van der Waals surface area contributed by atoms with Crippen LogP contribution in [0.2, 0.25) is 0 Å². The van der Waals surface area contributed by atoms with E-state index in [0.717, 1.165) is 75.8 Å². The van der Waals surface area contributed by atoms with E-state index in [9.17, 15) is 14.4 Å². The maximum atomic E-state index is 12.7. The molecule has 2 aliphatic rings. The minimum Gasteiger partial charge on any atom is -0.468 e. The zero-order valence-corrected chi connectivity index (χ0v) is 21.0. The van der Waals surface area contributed by atoms with E-state index in [0.29, 0.717) is 0 Å². The molecule has 2 fully saturated rings. The number of nitrogens with zero attached hydrogens (tertiary/aromatic N) is 3. The summed E-state index contributed by atoms with van der Waals surface area (Å²) in [5, 5.41) is -0.479. The molecule has 33 heavy (non-hydrogen) atoms. The van der Waals surface area contributed by atoms with Crippen LogP contribution >= 0.6 is 27.7 Å². The predicted octanol–water partition coefficient (Wildman–Crippen LogP) is 3.90. The van der Waals surface area contributed by atoms with Gasteiger partial charge in [0.25, 0.3) is 11.1 Å². The fraction of sp³-hybridized carbons (Fsp3) is 0.348. The maximum Gasteiger partial charge on any atom is 0.325 e. The van der Waals surface area contributed by atoms with Crippen LogP contribution in [0.5, 0.6) is 0 Å². The molecule has 0 atom stereocenters. The standard InChI is InChI=1S/C23H24BrN3O5S/c1-14-10-16(11-20-22(29)26(23(30)33-20)13-21(28)31-3)15(2)27(14)17-4-5-19(18(24)12-17)25-6-8-32-9-7-25/h4-5,10-12H,6-9,13H2,1-3H3/b20-11-. The first-order valence-electron chi connectivity index (χ1n) is 10.4. The van der Waals surface area contributed by atoms with Gasteiger partial charge in [-0.1, -0.05) is 0 Å². The van der Waals surface area contributed by atoms with Crippen molar-refractivity contribution < 1.29 is 23.9 Å². The van der Waals surface area contributed by atoms with Crippen LogP contribution < -0.4 is 4.90 Å². The smallest absolute Gasteiger partial charge is 0.325 e. The van der Waals surface area contributed by atoms with Crippen molar-refractivity contribution in [1.29, 1.82) is 0 Å². The Bertz CT molecular complexity index is 1150. The Morgan fingerprint density at radius 2 is 1.94 bits per heavy atom. The quantitative estimate of drug-likeness (QED) is 0.425. The molecule has 2 aromatic rings. The van der Waals surface area contributed by atoms with Crippen molar-refractivity contribution in [3.05, 3.63) is 50.6 Å². The van der Waals surface area contributed by atoms with E-state index in [1.165, 1.54) is 7.11 Å². The number of morpholine rings is 1. The molecular formula is C23H24BrN3O5S. The van der Waals surface area contributed by atoms with Gasteiger partial charge in [-0.2, -0.15) is 0 Å². The van der Waals surface area contributed by atoms with Gasteiger partial charge in [0.15, 0.2) is 0 Å². The topological polar surface area (TPSA) is 81.1 Å². The van der Waals surface area contributed by atoms with Crippen molar-refractivity contribution in [3.63, 3.8) is 0 Å². The van der Waals surface area contributed by atoms with Crippen molar-refractivity contribution in [2.75, 3.05) is 44.9 Å². The lowest BCUT2D eigenvalue weighted by atomic mass is 10.2. The maximum absolute atomic E-state index is 12.7. The molecule has 3 heterocycles. The lowest BCUT2D eigenvalue weighted by molar-refractivity contribution is -0.143. The van der Waals surface area contributed by atoms with Crippen LogP contribution in [0.3, 0.4) is 0 Å². The van der Waals surface area contributed by atoms with Gasteiger partial charge in [0, 0.05) is 34.6 Å². The predicted molar refractivity (Wildman–Crippen MR) is 131 cm³/mol. The number of amides is 2. The summed E-state index contributed by atoms with van der Waals surface area (Å²) >= 11 is 4.54. The molecule has 0 aliphatic carbocycles. The van der Waals surface area contributed by atoms with E-state index >= 15 is 0 Å². The number of benzene rings is 1. The summed E-state index contributed by atoms with van der Waals surface area (Å²) in [4.78, 5) is 39.9. The highest BCUT2D eigenvalue weighted by atomic mass is 79.9. The molecule has 10 heteroatoms. The van der Waals surface area contributed by atoms with Crippen LogP contribution in [0.25, 0.3) is 11.8 Å². The van der Waals surface area contributed by atoms with Gasteiger partial charge in [0.05, 0.1) is 30.9 Å². The van der Waals surface area contributed by atoms with Gasteiger partial charge < -0.3 is 18.9 Å². The summed E-state index contributed by atoms with van der Waals surface area (Å²) < 4.78 is 13.1. The number of ether oxygens (including phenoxy) is 2. The third-order valence-corrected chi connectivity index (χ3v) is 7.23. The Morgan fingerprint density at radius 1 is 1.21 bits per heavy atom. The van der Waals surface area contributed by atoms with Crippen molar-refractivity contribution in [3.8, 4) is 5.69 Å². The number of imide groups is 1. The van der Waals surface area contributed by atoms with Gasteiger partial charge in [0.1, 0.15) is 6.54 Å². The number of methoxy groups -OCH3 is 1. The lowest BCUT2D eigenvalue weighted by Gasteiger charge is -2.30. The summed E-state index contributed by atoms with van der Waals surface area (Å²) in [6.45, 7) is 6.74. The van der Waals surface area contributed by atoms with Gasteiger partial charge >= 0.3 is 5.97 Å². The van der Waals surface area contributed by atoms with E-state index in [2.05, 4.69) is 48.3 Å². The average molecular weight is 534 g/mol. The van der Waals surface area contributed by atoms with E-state index in [-0.39, 0.29) is 11.4 Å². The normalized spacial score (nSPS) is 17.9. The Kier molecular flexibility index (Phi) is 6.96. The number of hydrogen-bond donors (Lipinski definition) is 0. The molecule has 4 rings (SSSR count). The van der Waals surface area contributed by atoms with Gasteiger partial charge in [-0.25, -0.2) is 0 Å². The minimum atomic E-state index is -0.636.